The number of anilines is 2. The lowest BCUT2D eigenvalue weighted by atomic mass is 10.2. The number of benzene rings is 2. The zero-order valence-electron chi connectivity index (χ0n) is 12.7. The average molecular weight is 319 g/mol. The average Bonchev–Trinajstić information content (AvgIpc) is 2.55. The summed E-state index contributed by atoms with van der Waals surface area (Å²) in [5, 5.41) is 3.73. The van der Waals surface area contributed by atoms with Crippen LogP contribution in [-0.2, 0) is 4.79 Å². The van der Waals surface area contributed by atoms with E-state index >= 15 is 0 Å². The van der Waals surface area contributed by atoms with E-state index in [0.717, 1.165) is 11.4 Å². The molecule has 5 heteroatoms. The molecular formula is C17H19ClN2O2. The van der Waals surface area contributed by atoms with Gasteiger partial charge in [0.15, 0.2) is 0 Å². The molecule has 0 aromatic heterocycles. The quantitative estimate of drug-likeness (QED) is 0.880. The van der Waals surface area contributed by atoms with Crippen LogP contribution in [0, 0.1) is 0 Å². The molecule has 116 valence electrons. The Morgan fingerprint density at radius 2 is 1.95 bits per heavy atom. The molecule has 0 radical (unpaired) electrons. The Morgan fingerprint density at radius 1 is 1.23 bits per heavy atom. The van der Waals surface area contributed by atoms with Crippen LogP contribution in [0.4, 0.5) is 11.4 Å². The molecule has 0 aliphatic carbocycles. The van der Waals surface area contributed by atoms with Gasteiger partial charge in [0.05, 0.1) is 12.1 Å². The smallest absolute Gasteiger partial charge is 0.228 e. The summed E-state index contributed by atoms with van der Waals surface area (Å²) >= 11 is 6.06. The number of hydrogen-bond acceptors (Lipinski definition) is 3. The van der Waals surface area contributed by atoms with Crippen LogP contribution in [0.5, 0.6) is 5.75 Å². The highest BCUT2D eigenvalue weighted by Gasteiger charge is 2.10. The summed E-state index contributed by atoms with van der Waals surface area (Å²) in [6.45, 7) is 0.540. The molecule has 1 N–H and O–H groups in total. The number of para-hydroxylation sites is 1. The summed E-state index contributed by atoms with van der Waals surface area (Å²) in [4.78, 5) is 13.8. The van der Waals surface area contributed by atoms with E-state index in [4.69, 9.17) is 16.3 Å². The summed E-state index contributed by atoms with van der Waals surface area (Å²) in [7, 11) is 3.36. The van der Waals surface area contributed by atoms with Gasteiger partial charge in [-0.2, -0.15) is 0 Å². The largest absolute Gasteiger partial charge is 0.495 e. The molecule has 0 bridgehead atoms. The van der Waals surface area contributed by atoms with E-state index in [9.17, 15) is 4.79 Å². The number of ether oxygens (including phenoxy) is 1. The van der Waals surface area contributed by atoms with E-state index < -0.39 is 0 Å². The SMILES string of the molecule is COc1ccc(NCCC(=O)N(C)c2ccccc2)cc1Cl. The fraction of sp³-hybridized carbons (Fsp3) is 0.235. The maximum Gasteiger partial charge on any atom is 0.228 e. The molecule has 0 atom stereocenters. The highest BCUT2D eigenvalue weighted by atomic mass is 35.5. The van der Waals surface area contributed by atoms with Gasteiger partial charge in [-0.3, -0.25) is 4.79 Å². The number of hydrogen-bond donors (Lipinski definition) is 1. The van der Waals surface area contributed by atoms with Crippen molar-refractivity contribution in [2.24, 2.45) is 0 Å². The monoisotopic (exact) mass is 318 g/mol. The molecule has 0 aliphatic heterocycles. The molecule has 0 heterocycles. The fourth-order valence-electron chi connectivity index (χ4n) is 2.05. The second-order valence-electron chi connectivity index (χ2n) is 4.81. The minimum atomic E-state index is 0.0540. The third-order valence-corrected chi connectivity index (χ3v) is 3.63. The second-order valence-corrected chi connectivity index (χ2v) is 5.22. The van der Waals surface area contributed by atoms with Crippen molar-refractivity contribution in [3.8, 4) is 5.75 Å². The molecule has 0 aliphatic rings. The van der Waals surface area contributed by atoms with Crippen LogP contribution in [0.3, 0.4) is 0 Å². The lowest BCUT2D eigenvalue weighted by Crippen LogP contribution is -2.27. The van der Waals surface area contributed by atoms with Crippen molar-refractivity contribution in [1.82, 2.24) is 0 Å². The van der Waals surface area contributed by atoms with Crippen LogP contribution < -0.4 is 15.0 Å². The first-order valence-electron chi connectivity index (χ1n) is 7.01. The highest BCUT2D eigenvalue weighted by Crippen LogP contribution is 2.27. The first-order chi connectivity index (χ1) is 10.6. The van der Waals surface area contributed by atoms with Gasteiger partial charge in [0.25, 0.3) is 0 Å². The molecule has 0 saturated heterocycles. The van der Waals surface area contributed by atoms with Crippen LogP contribution in [-0.4, -0.2) is 26.6 Å². The Balaban J connectivity index is 1.85. The maximum atomic E-state index is 12.1. The van der Waals surface area contributed by atoms with E-state index in [2.05, 4.69) is 5.32 Å². The number of carbonyl (C=O) groups excluding carboxylic acids is 1. The molecule has 2 rings (SSSR count). The number of amides is 1. The van der Waals surface area contributed by atoms with Gasteiger partial charge in [0.1, 0.15) is 5.75 Å². The Morgan fingerprint density at radius 3 is 2.59 bits per heavy atom. The summed E-state index contributed by atoms with van der Waals surface area (Å²) < 4.78 is 5.10. The first kappa shape index (κ1) is 16.2. The van der Waals surface area contributed by atoms with Crippen molar-refractivity contribution in [2.75, 3.05) is 30.9 Å². The van der Waals surface area contributed by atoms with Gasteiger partial charge in [-0.25, -0.2) is 0 Å². The summed E-state index contributed by atoms with van der Waals surface area (Å²) in [6, 6.07) is 15.0. The van der Waals surface area contributed by atoms with Gasteiger partial charge in [-0.05, 0) is 30.3 Å². The first-order valence-corrected chi connectivity index (χ1v) is 7.38. The maximum absolute atomic E-state index is 12.1. The Labute approximate surface area is 135 Å². The second kappa shape index (κ2) is 7.71. The molecule has 1 amide bonds. The van der Waals surface area contributed by atoms with Crippen molar-refractivity contribution in [2.45, 2.75) is 6.42 Å². The molecule has 22 heavy (non-hydrogen) atoms. The lowest BCUT2D eigenvalue weighted by molar-refractivity contribution is -0.118. The fourth-order valence-corrected chi connectivity index (χ4v) is 2.31. The summed E-state index contributed by atoms with van der Waals surface area (Å²) in [6.07, 6.45) is 0.398. The molecular weight excluding hydrogens is 300 g/mol. The number of carbonyl (C=O) groups is 1. The Bertz CT molecular complexity index is 632. The van der Waals surface area contributed by atoms with E-state index in [1.54, 1.807) is 31.2 Å². The lowest BCUT2D eigenvalue weighted by Gasteiger charge is -2.17. The van der Waals surface area contributed by atoms with E-state index in [1.165, 1.54) is 0 Å². The third-order valence-electron chi connectivity index (χ3n) is 3.34. The van der Waals surface area contributed by atoms with Gasteiger partial charge in [-0.15, -0.1) is 0 Å². The van der Waals surface area contributed by atoms with Crippen LogP contribution in [0.15, 0.2) is 48.5 Å². The predicted octanol–water partition coefficient (Wildman–Crippen LogP) is 3.81. The molecule has 0 saturated carbocycles. The number of halogens is 1. The van der Waals surface area contributed by atoms with Crippen molar-refractivity contribution < 1.29 is 9.53 Å². The van der Waals surface area contributed by atoms with Crippen molar-refractivity contribution in [1.29, 1.82) is 0 Å². The van der Waals surface area contributed by atoms with E-state index in [1.807, 2.05) is 36.4 Å². The number of rotatable bonds is 6. The third kappa shape index (κ3) is 4.15. The summed E-state index contributed by atoms with van der Waals surface area (Å²) in [5.41, 5.74) is 1.75. The molecule has 4 nitrogen and oxygen atoms in total. The number of methoxy groups -OCH3 is 1. The standard InChI is InChI=1S/C17H19ClN2O2/c1-20(14-6-4-3-5-7-14)17(21)10-11-19-13-8-9-16(22-2)15(18)12-13/h3-9,12,19H,10-11H2,1-2H3. The molecule has 0 unspecified atom stereocenters. The number of nitrogens with zero attached hydrogens (tertiary/aromatic N) is 1. The molecule has 0 spiro atoms. The molecule has 2 aromatic carbocycles. The number of nitrogens with one attached hydrogen (secondary N) is 1. The zero-order valence-corrected chi connectivity index (χ0v) is 13.4. The van der Waals surface area contributed by atoms with E-state index in [-0.39, 0.29) is 5.91 Å². The molecule has 2 aromatic rings. The Kier molecular flexibility index (Phi) is 5.67. The van der Waals surface area contributed by atoms with E-state index in [0.29, 0.717) is 23.7 Å². The topological polar surface area (TPSA) is 41.6 Å². The van der Waals surface area contributed by atoms with Crippen molar-refractivity contribution in [3.05, 3.63) is 53.6 Å². The summed E-state index contributed by atoms with van der Waals surface area (Å²) in [5.74, 6) is 0.686. The van der Waals surface area contributed by atoms with Crippen LogP contribution >= 0.6 is 11.6 Å². The highest BCUT2D eigenvalue weighted by molar-refractivity contribution is 6.32. The normalized spacial score (nSPS) is 10.1. The van der Waals surface area contributed by atoms with Crippen molar-refractivity contribution in [3.63, 3.8) is 0 Å². The zero-order chi connectivity index (χ0) is 15.9. The van der Waals surface area contributed by atoms with Gasteiger partial charge in [-0.1, -0.05) is 29.8 Å². The van der Waals surface area contributed by atoms with Crippen LogP contribution in [0.2, 0.25) is 5.02 Å². The minimum absolute atomic E-state index is 0.0540. The van der Waals surface area contributed by atoms with Crippen LogP contribution in [0.1, 0.15) is 6.42 Å². The van der Waals surface area contributed by atoms with Crippen molar-refractivity contribution >= 4 is 28.9 Å². The Hall–Kier alpha value is -2.20. The van der Waals surface area contributed by atoms with Gasteiger partial charge in [0.2, 0.25) is 5.91 Å². The van der Waals surface area contributed by atoms with Gasteiger partial charge >= 0.3 is 0 Å². The molecule has 0 fully saturated rings. The minimum Gasteiger partial charge on any atom is -0.495 e. The van der Waals surface area contributed by atoms with Gasteiger partial charge in [0, 0.05) is 31.4 Å². The predicted molar refractivity (Wildman–Crippen MR) is 91.0 cm³/mol. The van der Waals surface area contributed by atoms with Crippen LogP contribution in [0.25, 0.3) is 0 Å². The van der Waals surface area contributed by atoms with Gasteiger partial charge < -0.3 is 15.0 Å².